The number of aliphatic hydroxyl groups excluding tert-OH is 3. The van der Waals surface area contributed by atoms with Gasteiger partial charge in [0.25, 0.3) is 11.1 Å². The molecule has 376 valence electrons. The molecule has 2 aromatic carbocycles. The summed E-state index contributed by atoms with van der Waals surface area (Å²) in [5.41, 5.74) is -5.15. The fourth-order valence-corrected chi connectivity index (χ4v) is 12.8. The van der Waals surface area contributed by atoms with Crippen molar-refractivity contribution in [1.29, 1.82) is 0 Å². The van der Waals surface area contributed by atoms with Crippen LogP contribution in [0.15, 0.2) is 102 Å². The van der Waals surface area contributed by atoms with Crippen molar-refractivity contribution in [2.45, 2.75) is 136 Å². The number of nitrogens with one attached hydrogen (secondary N) is 2. The van der Waals surface area contributed by atoms with Crippen molar-refractivity contribution in [2.75, 3.05) is 26.4 Å². The molecule has 5 heterocycles. The topological polar surface area (TPSA) is 234 Å². The van der Waals surface area contributed by atoms with Crippen LogP contribution in [0, 0.1) is 0 Å². The van der Waals surface area contributed by atoms with Gasteiger partial charge in [0.1, 0.15) is 24.4 Å². The van der Waals surface area contributed by atoms with Crippen molar-refractivity contribution >= 4 is 51.0 Å². The van der Waals surface area contributed by atoms with E-state index in [0.29, 0.717) is 6.42 Å². The van der Waals surface area contributed by atoms with Gasteiger partial charge >= 0.3 is 19.2 Å². The number of nitrogens with zero attached hydrogens (tertiary/aromatic N) is 2. The lowest BCUT2D eigenvalue weighted by Crippen LogP contribution is -2.46. The molecule has 7 rings (SSSR count). The number of aliphatic hydroxyl groups is 3. The molecule has 0 saturated carbocycles. The Bertz CT molecular complexity index is 2600. The molecule has 3 fully saturated rings. The summed E-state index contributed by atoms with van der Waals surface area (Å²) in [6.07, 6.45) is -4.28. The number of H-pyrrole nitrogens is 2. The number of halogens is 2. The van der Waals surface area contributed by atoms with Crippen molar-refractivity contribution in [3.8, 4) is 0 Å². The van der Waals surface area contributed by atoms with Crippen molar-refractivity contribution in [2.24, 2.45) is 0 Å². The lowest BCUT2D eigenvalue weighted by atomic mass is 9.98. The Morgan fingerprint density at radius 1 is 0.765 bits per heavy atom. The Morgan fingerprint density at radius 3 is 1.71 bits per heavy atom. The van der Waals surface area contributed by atoms with Crippen LogP contribution >= 0.6 is 51.0 Å². The van der Waals surface area contributed by atoms with Crippen LogP contribution in [0.4, 0.5) is 8.78 Å². The highest BCUT2D eigenvalue weighted by atomic mass is 33.1. The molecule has 68 heavy (non-hydrogen) atoms. The van der Waals surface area contributed by atoms with E-state index >= 15 is 4.39 Å². The zero-order valence-corrected chi connectivity index (χ0v) is 43.0. The molecular formula is C44H59F2N4O13PS4. The minimum atomic E-state index is -4.07. The van der Waals surface area contributed by atoms with Crippen LogP contribution in [-0.4, -0.2) is 106 Å². The van der Waals surface area contributed by atoms with Crippen LogP contribution in [0.25, 0.3) is 0 Å². The Labute approximate surface area is 407 Å². The van der Waals surface area contributed by atoms with Gasteiger partial charge in [0, 0.05) is 50.4 Å². The lowest BCUT2D eigenvalue weighted by molar-refractivity contribution is -0.0724. The Morgan fingerprint density at radius 2 is 1.25 bits per heavy atom. The molecule has 3 aliphatic rings. The van der Waals surface area contributed by atoms with Gasteiger partial charge in [-0.25, -0.2) is 22.9 Å². The Kier molecular flexibility index (Phi) is 19.3. The summed E-state index contributed by atoms with van der Waals surface area (Å²) in [6.45, 7) is 14.7. The van der Waals surface area contributed by atoms with E-state index < -0.39 is 85.1 Å². The fraction of sp³-hybridized carbons (Fsp3) is 0.545. The summed E-state index contributed by atoms with van der Waals surface area (Å²) in [5.74, 6) is 0. The molecule has 9 atom stereocenters. The minimum Gasteiger partial charge on any atom is -0.396 e. The van der Waals surface area contributed by atoms with Gasteiger partial charge in [0.05, 0.1) is 19.8 Å². The summed E-state index contributed by atoms with van der Waals surface area (Å²) in [7, 11) is 3.00. The highest BCUT2D eigenvalue weighted by molar-refractivity contribution is 8.77. The zero-order valence-electron chi connectivity index (χ0n) is 38.8. The summed E-state index contributed by atoms with van der Waals surface area (Å²) < 4.78 is 72.5. The number of phosphoric ester groups is 1. The molecule has 0 bridgehead atoms. The predicted octanol–water partition coefficient (Wildman–Crippen LogP) is 6.76. The summed E-state index contributed by atoms with van der Waals surface area (Å²) in [5, 5.41) is 27.6. The average Bonchev–Trinajstić information content (AvgIpc) is 3.65. The van der Waals surface area contributed by atoms with E-state index in [2.05, 4.69) is 58.7 Å². The first-order chi connectivity index (χ1) is 31.8. The van der Waals surface area contributed by atoms with E-state index in [9.17, 15) is 33.2 Å². The normalized spacial score (nSPS) is 28.0. The van der Waals surface area contributed by atoms with Crippen molar-refractivity contribution in [3.63, 3.8) is 0 Å². The molecule has 1 unspecified atom stereocenters. The molecule has 3 aliphatic heterocycles. The van der Waals surface area contributed by atoms with E-state index in [0.717, 1.165) is 57.5 Å². The molecule has 3 saturated heterocycles. The maximum absolute atomic E-state index is 15.8. The summed E-state index contributed by atoms with van der Waals surface area (Å²) >= 11 is 0. The lowest BCUT2D eigenvalue weighted by Gasteiger charge is -2.33. The quantitative estimate of drug-likeness (QED) is 0.0687. The molecule has 2 aromatic heterocycles. The van der Waals surface area contributed by atoms with Crippen molar-refractivity contribution in [3.05, 3.63) is 126 Å². The second kappa shape index (κ2) is 23.5. The average molecular weight is 1050 g/mol. The first-order valence-corrected chi connectivity index (χ1v) is 27.2. The van der Waals surface area contributed by atoms with Crippen LogP contribution in [0.5, 0.6) is 0 Å². The first kappa shape index (κ1) is 55.9. The third-order valence-electron chi connectivity index (χ3n) is 10.1. The van der Waals surface area contributed by atoms with Gasteiger partial charge < -0.3 is 24.8 Å². The number of rotatable bonds is 13. The van der Waals surface area contributed by atoms with Crippen LogP contribution in [0.1, 0.15) is 79.0 Å². The maximum atomic E-state index is 15.8. The molecule has 17 nitrogen and oxygen atoms in total. The molecule has 0 aliphatic carbocycles. The van der Waals surface area contributed by atoms with Gasteiger partial charge in [0.15, 0.2) is 23.8 Å². The third-order valence-corrected chi connectivity index (χ3v) is 18.5. The smallest absolute Gasteiger partial charge is 0.396 e. The van der Waals surface area contributed by atoms with Gasteiger partial charge in [-0.1, -0.05) is 121 Å². The van der Waals surface area contributed by atoms with E-state index in [1.165, 1.54) is 17.4 Å². The minimum absolute atomic E-state index is 0.0408. The number of phosphoric acid groups is 1. The second-order valence-corrected chi connectivity index (χ2v) is 25.7. The number of aromatic nitrogens is 4. The van der Waals surface area contributed by atoms with Gasteiger partial charge in [-0.15, -0.1) is 0 Å². The molecule has 0 spiro atoms. The highest BCUT2D eigenvalue weighted by Crippen LogP contribution is 2.59. The molecule has 24 heteroatoms. The second-order valence-electron chi connectivity index (χ2n) is 18.1. The summed E-state index contributed by atoms with van der Waals surface area (Å²) in [6, 6.07) is 18.3. The number of fused-ring (bicyclic) bond motifs is 1. The van der Waals surface area contributed by atoms with E-state index in [-0.39, 0.29) is 29.3 Å². The largest absolute Gasteiger partial charge is 0.475 e. The van der Waals surface area contributed by atoms with Crippen molar-refractivity contribution < 1.29 is 51.7 Å². The molecule has 4 aromatic rings. The third kappa shape index (κ3) is 14.8. The van der Waals surface area contributed by atoms with E-state index in [1.807, 2.05) is 52.2 Å². The van der Waals surface area contributed by atoms with Gasteiger partial charge in [-0.05, 0) is 49.9 Å². The number of hydrogen-bond donors (Lipinski definition) is 5. The van der Waals surface area contributed by atoms with Crippen molar-refractivity contribution in [1.82, 2.24) is 19.1 Å². The van der Waals surface area contributed by atoms with Crippen LogP contribution in [0.3, 0.4) is 0 Å². The zero-order chi connectivity index (χ0) is 50.2. The van der Waals surface area contributed by atoms with Gasteiger partial charge in [-0.2, -0.15) is 0 Å². The van der Waals surface area contributed by atoms with Crippen LogP contribution in [0.2, 0.25) is 0 Å². The molecular weight excluding hydrogens is 990 g/mol. The Balaban J connectivity index is 0.000000218. The van der Waals surface area contributed by atoms with Crippen LogP contribution in [-0.2, 0) is 40.5 Å². The van der Waals surface area contributed by atoms with E-state index in [4.69, 9.17) is 33.3 Å². The maximum Gasteiger partial charge on any atom is 0.475 e. The number of aromatic amines is 2. The molecule has 0 radical (unpaired) electrons. The van der Waals surface area contributed by atoms with Crippen LogP contribution < -0.4 is 22.5 Å². The Hall–Kier alpha value is -3.03. The van der Waals surface area contributed by atoms with Gasteiger partial charge in [0.2, 0.25) is 0 Å². The number of hydrogen-bond acceptors (Lipinski definition) is 17. The number of alkyl halides is 2. The monoisotopic (exact) mass is 1050 g/mol. The SMILES string of the molecule is CC(C)(C)SSc1ccccc1CCO.CC(C)(C)SSc1ccccc1CCOP1(=O)OC[C@H]2O[C@@H](n3ccc(=O)[nH]c3=O)[C@](C)(F)[C@@H]2O1.C[C@@]1(F)[C@H](O)[C@@H](CO)O[C@H]1n1ccc(=O)[nH]c1=O. The number of benzene rings is 2. The first-order valence-electron chi connectivity index (χ1n) is 21.4. The molecule has 0 amide bonds. The molecule has 5 N–H and O–H groups in total. The highest BCUT2D eigenvalue weighted by Gasteiger charge is 2.62. The van der Waals surface area contributed by atoms with Gasteiger partial charge in [-0.3, -0.25) is 42.3 Å². The standard InChI is InChI=1S/C22H28FN2O7PS2.C12H18OS2.C10H13FN2O5/c1-21(2,3)35-34-16-8-6-5-7-14(16)10-12-29-33(28)30-13-15-18(32-33)22(4,23)19(31-15)25-11-9-17(26)24-20(25)27;1-12(2,3)15-14-11-7-5-4-6-10(11)8-9-13;1-10(11)7(16)5(4-14)18-8(10)13-3-2-6(15)12-9(13)17/h5-9,11,15,18-19H,10,12-13H2,1-4H3,(H,24,26,27);4-7,13H,8-9H2,1-3H3;2-3,5,7-8,14,16H,4H2,1H3,(H,12,15,17)/t15-,18-,19-,22-,33?;;5-,7-,8-,10-/m1.1/s1. The summed E-state index contributed by atoms with van der Waals surface area (Å²) in [4.78, 5) is 52.3. The predicted molar refractivity (Wildman–Crippen MR) is 261 cm³/mol. The number of ether oxygens (including phenoxy) is 2. The van der Waals surface area contributed by atoms with E-state index in [1.54, 1.807) is 32.4 Å². The fourth-order valence-electron chi connectivity index (χ4n) is 6.81.